The fourth-order valence-corrected chi connectivity index (χ4v) is 2.40. The van der Waals surface area contributed by atoms with E-state index in [1.165, 1.54) is 6.42 Å². The van der Waals surface area contributed by atoms with E-state index in [2.05, 4.69) is 18.8 Å². The van der Waals surface area contributed by atoms with Gasteiger partial charge in [0.1, 0.15) is 10.6 Å². The van der Waals surface area contributed by atoms with Crippen molar-refractivity contribution < 1.29 is 4.74 Å². The maximum atomic E-state index is 5.88. The van der Waals surface area contributed by atoms with Gasteiger partial charge in [-0.2, -0.15) is 0 Å². The molecular formula is C14H24N2OS. The van der Waals surface area contributed by atoms with Crippen molar-refractivity contribution in [3.63, 3.8) is 0 Å². The molecule has 0 spiro atoms. The topological polar surface area (TPSA) is 48.1 Å². The first-order valence-electron chi connectivity index (χ1n) is 6.36. The summed E-state index contributed by atoms with van der Waals surface area (Å²) in [4.78, 5) is 4.47. The molecule has 0 saturated heterocycles. The van der Waals surface area contributed by atoms with Crippen LogP contribution < -0.4 is 10.5 Å². The van der Waals surface area contributed by atoms with Gasteiger partial charge >= 0.3 is 0 Å². The standard InChI is InChI=1S/C14H24N2OS/c1-10(2)8-9-18-12-7-6-11(15)13(16-12)17-14(3,4)5/h6-7,10H,8-9,15H2,1-5H3. The van der Waals surface area contributed by atoms with Gasteiger partial charge in [-0.1, -0.05) is 13.8 Å². The number of nitrogens with zero attached hydrogens (tertiary/aromatic N) is 1. The van der Waals surface area contributed by atoms with Gasteiger partial charge in [0.25, 0.3) is 0 Å². The molecule has 0 amide bonds. The zero-order chi connectivity index (χ0) is 13.8. The number of rotatable bonds is 5. The molecule has 0 radical (unpaired) electrons. The predicted molar refractivity (Wildman–Crippen MR) is 79.2 cm³/mol. The van der Waals surface area contributed by atoms with Gasteiger partial charge in [0.2, 0.25) is 5.88 Å². The Kier molecular flexibility index (Phi) is 5.32. The van der Waals surface area contributed by atoms with Crippen LogP contribution in [0.1, 0.15) is 41.0 Å². The molecule has 0 aromatic carbocycles. The highest BCUT2D eigenvalue weighted by Gasteiger charge is 2.15. The van der Waals surface area contributed by atoms with E-state index >= 15 is 0 Å². The van der Waals surface area contributed by atoms with Gasteiger partial charge in [-0.25, -0.2) is 4.98 Å². The van der Waals surface area contributed by atoms with Crippen molar-refractivity contribution in [2.75, 3.05) is 11.5 Å². The second-order valence-corrected chi connectivity index (χ2v) is 6.90. The Morgan fingerprint density at radius 1 is 1.33 bits per heavy atom. The Morgan fingerprint density at radius 2 is 2.00 bits per heavy atom. The van der Waals surface area contributed by atoms with Crippen molar-refractivity contribution in [1.82, 2.24) is 4.98 Å². The van der Waals surface area contributed by atoms with Crippen LogP contribution in [-0.2, 0) is 0 Å². The molecule has 1 heterocycles. The minimum Gasteiger partial charge on any atom is -0.470 e. The lowest BCUT2D eigenvalue weighted by Crippen LogP contribution is -2.24. The van der Waals surface area contributed by atoms with E-state index in [1.54, 1.807) is 11.8 Å². The SMILES string of the molecule is CC(C)CCSc1ccc(N)c(OC(C)(C)C)n1. The molecule has 0 aliphatic heterocycles. The summed E-state index contributed by atoms with van der Waals surface area (Å²) in [5.74, 6) is 2.33. The number of nitrogen functional groups attached to an aromatic ring is 1. The number of anilines is 1. The van der Waals surface area contributed by atoms with Crippen molar-refractivity contribution in [3.8, 4) is 5.88 Å². The molecule has 1 rings (SSSR count). The summed E-state index contributed by atoms with van der Waals surface area (Å²) in [6, 6.07) is 3.82. The Morgan fingerprint density at radius 3 is 2.56 bits per heavy atom. The average molecular weight is 268 g/mol. The molecule has 2 N–H and O–H groups in total. The van der Waals surface area contributed by atoms with Crippen LogP contribution in [0.25, 0.3) is 0 Å². The average Bonchev–Trinajstić information content (AvgIpc) is 2.20. The zero-order valence-electron chi connectivity index (χ0n) is 12.0. The summed E-state index contributed by atoms with van der Waals surface area (Å²) in [7, 11) is 0. The summed E-state index contributed by atoms with van der Waals surface area (Å²) < 4.78 is 5.75. The first-order valence-corrected chi connectivity index (χ1v) is 7.35. The molecule has 1 aromatic rings. The molecule has 0 aliphatic rings. The Hall–Kier alpha value is -0.900. The lowest BCUT2D eigenvalue weighted by molar-refractivity contribution is 0.124. The fourth-order valence-electron chi connectivity index (χ4n) is 1.29. The van der Waals surface area contributed by atoms with E-state index in [-0.39, 0.29) is 5.60 Å². The maximum Gasteiger partial charge on any atom is 0.238 e. The third-order valence-corrected chi connectivity index (χ3v) is 3.18. The third-order valence-electron chi connectivity index (χ3n) is 2.21. The van der Waals surface area contributed by atoms with Gasteiger partial charge in [-0.05, 0) is 51.0 Å². The van der Waals surface area contributed by atoms with Crippen molar-refractivity contribution in [1.29, 1.82) is 0 Å². The smallest absolute Gasteiger partial charge is 0.238 e. The Labute approximate surface area is 115 Å². The van der Waals surface area contributed by atoms with Crippen LogP contribution in [0.2, 0.25) is 0 Å². The van der Waals surface area contributed by atoms with Crippen molar-refractivity contribution in [3.05, 3.63) is 12.1 Å². The minimum atomic E-state index is -0.275. The Bertz CT molecular complexity index is 386. The number of thioether (sulfide) groups is 1. The van der Waals surface area contributed by atoms with Gasteiger partial charge < -0.3 is 10.5 Å². The molecule has 0 unspecified atom stereocenters. The number of ether oxygens (including phenoxy) is 1. The van der Waals surface area contributed by atoms with Gasteiger partial charge in [-0.15, -0.1) is 11.8 Å². The van der Waals surface area contributed by atoms with Crippen LogP contribution in [0.4, 0.5) is 5.69 Å². The molecule has 1 aromatic heterocycles. The molecule has 4 heteroatoms. The third kappa shape index (κ3) is 5.63. The van der Waals surface area contributed by atoms with Crippen molar-refractivity contribution in [2.45, 2.75) is 51.7 Å². The predicted octanol–water partition coefficient (Wildman–Crippen LogP) is 3.98. The van der Waals surface area contributed by atoms with Crippen LogP contribution in [0.5, 0.6) is 5.88 Å². The molecule has 0 saturated carbocycles. The van der Waals surface area contributed by atoms with Crippen LogP contribution in [0, 0.1) is 5.92 Å². The number of hydrogen-bond donors (Lipinski definition) is 1. The molecule has 102 valence electrons. The van der Waals surface area contributed by atoms with Gasteiger partial charge in [0, 0.05) is 0 Å². The summed E-state index contributed by atoms with van der Waals surface area (Å²) in [6.45, 7) is 10.4. The summed E-state index contributed by atoms with van der Waals surface area (Å²) in [5, 5.41) is 0.976. The van der Waals surface area contributed by atoms with Gasteiger partial charge in [0.05, 0.1) is 5.69 Å². The van der Waals surface area contributed by atoms with E-state index in [0.717, 1.165) is 16.7 Å². The lowest BCUT2D eigenvalue weighted by Gasteiger charge is -2.21. The lowest BCUT2D eigenvalue weighted by atomic mass is 10.2. The molecule has 0 atom stereocenters. The first-order chi connectivity index (χ1) is 8.28. The summed E-state index contributed by atoms with van der Waals surface area (Å²) in [5.41, 5.74) is 6.20. The fraction of sp³-hybridized carbons (Fsp3) is 0.643. The van der Waals surface area contributed by atoms with Gasteiger partial charge in [-0.3, -0.25) is 0 Å². The number of nitrogens with two attached hydrogens (primary N) is 1. The van der Waals surface area contributed by atoms with Crippen molar-refractivity contribution in [2.24, 2.45) is 5.92 Å². The quantitative estimate of drug-likeness (QED) is 0.821. The molecule has 3 nitrogen and oxygen atoms in total. The van der Waals surface area contributed by atoms with Crippen molar-refractivity contribution >= 4 is 17.4 Å². The number of hydrogen-bond acceptors (Lipinski definition) is 4. The van der Waals surface area contributed by atoms with E-state index < -0.39 is 0 Å². The Balaban J connectivity index is 2.68. The first kappa shape index (κ1) is 15.2. The monoisotopic (exact) mass is 268 g/mol. The maximum absolute atomic E-state index is 5.88. The molecule has 0 bridgehead atoms. The number of pyridine rings is 1. The van der Waals surface area contributed by atoms with Crippen LogP contribution >= 0.6 is 11.8 Å². The summed E-state index contributed by atoms with van der Waals surface area (Å²) >= 11 is 1.75. The highest BCUT2D eigenvalue weighted by atomic mass is 32.2. The normalized spacial score (nSPS) is 11.9. The summed E-state index contributed by atoms with van der Waals surface area (Å²) in [6.07, 6.45) is 1.19. The highest BCUT2D eigenvalue weighted by Crippen LogP contribution is 2.27. The number of aromatic nitrogens is 1. The second kappa shape index (κ2) is 6.32. The second-order valence-electron chi connectivity index (χ2n) is 5.79. The molecular weight excluding hydrogens is 244 g/mol. The van der Waals surface area contributed by atoms with E-state index in [9.17, 15) is 0 Å². The zero-order valence-corrected chi connectivity index (χ0v) is 12.8. The van der Waals surface area contributed by atoms with Crippen LogP contribution in [0.15, 0.2) is 17.2 Å². The van der Waals surface area contributed by atoms with Crippen LogP contribution in [0.3, 0.4) is 0 Å². The van der Waals surface area contributed by atoms with Gasteiger partial charge in [0.15, 0.2) is 0 Å². The molecule has 0 aliphatic carbocycles. The van der Waals surface area contributed by atoms with Crippen LogP contribution in [-0.4, -0.2) is 16.3 Å². The van der Waals surface area contributed by atoms with E-state index in [0.29, 0.717) is 11.6 Å². The highest BCUT2D eigenvalue weighted by molar-refractivity contribution is 7.99. The minimum absolute atomic E-state index is 0.275. The molecule has 18 heavy (non-hydrogen) atoms. The van der Waals surface area contributed by atoms with E-state index in [1.807, 2.05) is 32.9 Å². The molecule has 0 fully saturated rings. The van der Waals surface area contributed by atoms with E-state index in [4.69, 9.17) is 10.5 Å². The largest absolute Gasteiger partial charge is 0.470 e.